The summed E-state index contributed by atoms with van der Waals surface area (Å²) in [4.78, 5) is 25.4. The molecule has 1 aromatic heterocycles. The molecule has 0 bridgehead atoms. The van der Waals surface area contributed by atoms with Gasteiger partial charge in [0.2, 0.25) is 0 Å². The number of nitriles is 1. The van der Waals surface area contributed by atoms with Gasteiger partial charge < -0.3 is 4.74 Å². The number of carbonyl (C=O) groups is 1. The van der Waals surface area contributed by atoms with Gasteiger partial charge in [-0.3, -0.25) is 9.59 Å². The van der Waals surface area contributed by atoms with Crippen molar-refractivity contribution in [1.29, 1.82) is 5.26 Å². The van der Waals surface area contributed by atoms with E-state index in [9.17, 15) is 14.9 Å². The van der Waals surface area contributed by atoms with Crippen LogP contribution in [0.5, 0.6) is 5.75 Å². The van der Waals surface area contributed by atoms with Gasteiger partial charge in [0.25, 0.3) is 11.5 Å². The number of carbonyl (C=O) groups excluding carboxylic acids is 1. The Bertz CT molecular complexity index is 1290. The standard InChI is InChI=1S/C23H20ClN5O3/c1-4-32-18-9-6-16(7-10-18)13-26-27-22(30)21-15(3)19(12-25)23(31)29(28-21)17-8-5-14(2)20(24)11-17/h5-11,13H,4H2,1-3H3,(H,27,30)/b26-13+. The van der Waals surface area contributed by atoms with Crippen LogP contribution in [0.2, 0.25) is 5.02 Å². The number of hydrogen-bond acceptors (Lipinski definition) is 6. The highest BCUT2D eigenvalue weighted by Gasteiger charge is 2.20. The fourth-order valence-corrected chi connectivity index (χ4v) is 3.05. The van der Waals surface area contributed by atoms with Crippen LogP contribution in [0.15, 0.2) is 52.4 Å². The Balaban J connectivity index is 1.91. The fourth-order valence-electron chi connectivity index (χ4n) is 2.88. The largest absolute Gasteiger partial charge is 0.494 e. The molecule has 0 saturated heterocycles. The van der Waals surface area contributed by atoms with Crippen LogP contribution in [-0.2, 0) is 0 Å². The predicted octanol–water partition coefficient (Wildman–Crippen LogP) is 3.54. The summed E-state index contributed by atoms with van der Waals surface area (Å²) < 4.78 is 6.37. The molecular weight excluding hydrogens is 430 g/mol. The van der Waals surface area contributed by atoms with Gasteiger partial charge in [0.15, 0.2) is 5.69 Å². The first kappa shape index (κ1) is 22.7. The van der Waals surface area contributed by atoms with Crippen LogP contribution < -0.4 is 15.7 Å². The van der Waals surface area contributed by atoms with Crippen LogP contribution in [0.3, 0.4) is 0 Å². The number of amides is 1. The zero-order chi connectivity index (χ0) is 23.3. The highest BCUT2D eigenvalue weighted by molar-refractivity contribution is 6.31. The molecule has 0 aliphatic heterocycles. The molecule has 3 aromatic rings. The van der Waals surface area contributed by atoms with Crippen LogP contribution in [0.1, 0.15) is 39.7 Å². The smallest absolute Gasteiger partial charge is 0.292 e. The number of hydrazone groups is 1. The summed E-state index contributed by atoms with van der Waals surface area (Å²) in [6.45, 7) is 5.77. The SMILES string of the molecule is CCOc1ccc(/C=N/NC(=O)c2nn(-c3ccc(C)c(Cl)c3)c(=O)c(C#N)c2C)cc1. The van der Waals surface area contributed by atoms with E-state index >= 15 is 0 Å². The molecule has 0 radical (unpaired) electrons. The van der Waals surface area contributed by atoms with E-state index in [4.69, 9.17) is 16.3 Å². The lowest BCUT2D eigenvalue weighted by atomic mass is 10.1. The average molecular weight is 450 g/mol. The number of benzene rings is 2. The highest BCUT2D eigenvalue weighted by Crippen LogP contribution is 2.19. The Kier molecular flexibility index (Phi) is 7.03. The maximum atomic E-state index is 12.7. The van der Waals surface area contributed by atoms with E-state index in [1.807, 2.05) is 19.9 Å². The Morgan fingerprint density at radius 3 is 2.62 bits per heavy atom. The molecule has 0 atom stereocenters. The maximum absolute atomic E-state index is 12.7. The lowest BCUT2D eigenvalue weighted by Crippen LogP contribution is -2.31. The molecule has 32 heavy (non-hydrogen) atoms. The van der Waals surface area contributed by atoms with Gasteiger partial charge in [-0.1, -0.05) is 17.7 Å². The third-order valence-electron chi connectivity index (χ3n) is 4.63. The van der Waals surface area contributed by atoms with Gasteiger partial charge in [-0.2, -0.15) is 20.1 Å². The molecular formula is C23H20ClN5O3. The first-order chi connectivity index (χ1) is 15.3. The van der Waals surface area contributed by atoms with E-state index in [1.165, 1.54) is 13.1 Å². The molecule has 1 amide bonds. The van der Waals surface area contributed by atoms with Crippen LogP contribution in [0.25, 0.3) is 5.69 Å². The second-order valence-electron chi connectivity index (χ2n) is 6.81. The van der Waals surface area contributed by atoms with E-state index in [1.54, 1.807) is 42.5 Å². The quantitative estimate of drug-likeness (QED) is 0.457. The number of hydrogen-bond donors (Lipinski definition) is 1. The molecule has 0 aliphatic carbocycles. The van der Waals surface area contributed by atoms with Crippen molar-refractivity contribution in [2.75, 3.05) is 6.61 Å². The molecule has 9 heteroatoms. The number of ether oxygens (including phenoxy) is 1. The van der Waals surface area contributed by atoms with E-state index in [0.29, 0.717) is 17.3 Å². The van der Waals surface area contributed by atoms with Gasteiger partial charge in [0.05, 0.1) is 18.5 Å². The third-order valence-corrected chi connectivity index (χ3v) is 5.04. The summed E-state index contributed by atoms with van der Waals surface area (Å²) in [6, 6.07) is 13.9. The Labute approximate surface area is 189 Å². The van der Waals surface area contributed by atoms with Crippen molar-refractivity contribution in [3.63, 3.8) is 0 Å². The van der Waals surface area contributed by atoms with Crippen molar-refractivity contribution in [2.45, 2.75) is 20.8 Å². The summed E-state index contributed by atoms with van der Waals surface area (Å²) in [5.41, 5.74) is 3.54. The molecule has 0 spiro atoms. The first-order valence-electron chi connectivity index (χ1n) is 9.72. The highest BCUT2D eigenvalue weighted by atomic mass is 35.5. The molecule has 1 heterocycles. The first-order valence-corrected chi connectivity index (χ1v) is 10.1. The van der Waals surface area contributed by atoms with Gasteiger partial charge in [-0.25, -0.2) is 5.43 Å². The van der Waals surface area contributed by atoms with Gasteiger partial charge in [0.1, 0.15) is 17.4 Å². The van der Waals surface area contributed by atoms with Crippen molar-refractivity contribution in [3.8, 4) is 17.5 Å². The molecule has 2 aromatic carbocycles. The number of rotatable bonds is 6. The molecule has 0 saturated carbocycles. The zero-order valence-corrected chi connectivity index (χ0v) is 18.5. The van der Waals surface area contributed by atoms with Crippen LogP contribution in [0, 0.1) is 25.2 Å². The summed E-state index contributed by atoms with van der Waals surface area (Å²) in [5, 5.41) is 18.0. The molecule has 162 valence electrons. The van der Waals surface area contributed by atoms with Crippen molar-refractivity contribution >= 4 is 23.7 Å². The van der Waals surface area contributed by atoms with Crippen LogP contribution in [0.4, 0.5) is 0 Å². The summed E-state index contributed by atoms with van der Waals surface area (Å²) in [6.07, 6.45) is 1.46. The minimum Gasteiger partial charge on any atom is -0.494 e. The van der Waals surface area contributed by atoms with E-state index in [2.05, 4.69) is 15.6 Å². The van der Waals surface area contributed by atoms with E-state index in [0.717, 1.165) is 21.6 Å². The number of aryl methyl sites for hydroxylation is 1. The summed E-state index contributed by atoms with van der Waals surface area (Å²) >= 11 is 6.16. The van der Waals surface area contributed by atoms with E-state index < -0.39 is 11.5 Å². The van der Waals surface area contributed by atoms with Crippen molar-refractivity contribution < 1.29 is 9.53 Å². The number of halogens is 1. The minimum absolute atomic E-state index is 0.0957. The molecule has 3 rings (SSSR count). The molecule has 8 nitrogen and oxygen atoms in total. The topological polar surface area (TPSA) is 109 Å². The second kappa shape index (κ2) is 9.90. The monoisotopic (exact) mass is 449 g/mol. The molecule has 0 fully saturated rings. The Morgan fingerprint density at radius 1 is 1.28 bits per heavy atom. The van der Waals surface area contributed by atoms with Crippen LogP contribution >= 0.6 is 11.6 Å². The van der Waals surface area contributed by atoms with Crippen molar-refractivity contribution in [1.82, 2.24) is 15.2 Å². The van der Waals surface area contributed by atoms with E-state index in [-0.39, 0.29) is 16.8 Å². The molecule has 0 unspecified atom stereocenters. The third kappa shape index (κ3) is 4.85. The lowest BCUT2D eigenvalue weighted by molar-refractivity contribution is 0.0947. The number of nitrogens with zero attached hydrogens (tertiary/aromatic N) is 4. The molecule has 1 N–H and O–H groups in total. The summed E-state index contributed by atoms with van der Waals surface area (Å²) in [7, 11) is 0. The maximum Gasteiger partial charge on any atom is 0.292 e. The number of nitrogens with one attached hydrogen (secondary N) is 1. The minimum atomic E-state index is -0.659. The summed E-state index contributed by atoms with van der Waals surface area (Å²) in [5.74, 6) is 0.0733. The van der Waals surface area contributed by atoms with Crippen LogP contribution in [-0.4, -0.2) is 28.5 Å². The number of aromatic nitrogens is 2. The molecule has 0 aliphatic rings. The Hall–Kier alpha value is -3.96. The van der Waals surface area contributed by atoms with Gasteiger partial charge >= 0.3 is 0 Å². The average Bonchev–Trinajstić information content (AvgIpc) is 2.77. The zero-order valence-electron chi connectivity index (χ0n) is 17.7. The van der Waals surface area contributed by atoms with Crippen molar-refractivity contribution in [2.24, 2.45) is 5.10 Å². The lowest BCUT2D eigenvalue weighted by Gasteiger charge is -2.11. The van der Waals surface area contributed by atoms with Gasteiger partial charge in [-0.15, -0.1) is 0 Å². The second-order valence-corrected chi connectivity index (χ2v) is 7.22. The Morgan fingerprint density at radius 2 is 2.00 bits per heavy atom. The van der Waals surface area contributed by atoms with Gasteiger partial charge in [0, 0.05) is 10.6 Å². The van der Waals surface area contributed by atoms with Crippen molar-refractivity contribution in [3.05, 3.63) is 85.8 Å². The van der Waals surface area contributed by atoms with Gasteiger partial charge in [-0.05, 0) is 68.3 Å². The predicted molar refractivity (Wildman–Crippen MR) is 122 cm³/mol. The normalized spacial score (nSPS) is 10.7. The fraction of sp³-hybridized carbons (Fsp3) is 0.174.